The number of carboxylic acids is 1. The summed E-state index contributed by atoms with van der Waals surface area (Å²) in [5.74, 6) is -1.60. The fourth-order valence-electron chi connectivity index (χ4n) is 5.77. The molecule has 5 nitrogen and oxygen atoms in total. The summed E-state index contributed by atoms with van der Waals surface area (Å²) < 4.78 is 48.0. The van der Waals surface area contributed by atoms with Crippen LogP contribution in [0.1, 0.15) is 74.7 Å². The number of carbonyl (C=O) groups is 1. The van der Waals surface area contributed by atoms with Crippen LogP contribution in [-0.4, -0.2) is 25.3 Å². The van der Waals surface area contributed by atoms with Gasteiger partial charge < -0.3 is 19.3 Å². The molecule has 3 aromatic rings. The van der Waals surface area contributed by atoms with Crippen molar-refractivity contribution >= 4 is 5.97 Å². The molecule has 2 aliphatic rings. The van der Waals surface area contributed by atoms with Crippen molar-refractivity contribution in [2.45, 2.75) is 64.6 Å². The monoisotopic (exact) mass is 550 g/mol. The summed E-state index contributed by atoms with van der Waals surface area (Å²) in [6, 6.07) is 15.3. The van der Waals surface area contributed by atoms with Crippen LogP contribution >= 0.6 is 0 Å². The van der Waals surface area contributed by atoms with Crippen LogP contribution in [0.3, 0.4) is 0 Å². The second kappa shape index (κ2) is 10.8. The lowest BCUT2D eigenvalue weighted by Gasteiger charge is -2.26. The van der Waals surface area contributed by atoms with Gasteiger partial charge in [0.1, 0.15) is 18.2 Å². The Balaban J connectivity index is 1.46. The van der Waals surface area contributed by atoms with E-state index in [2.05, 4.69) is 6.92 Å². The van der Waals surface area contributed by atoms with E-state index in [1.807, 2.05) is 25.1 Å². The number of hydrogen-bond acceptors (Lipinski definition) is 4. The first-order valence-electron chi connectivity index (χ1n) is 13.7. The molecule has 0 spiro atoms. The highest BCUT2D eigenvalue weighted by Crippen LogP contribution is 2.58. The highest BCUT2D eigenvalue weighted by molar-refractivity contribution is 5.71. The Hall–Kier alpha value is -3.45. The molecule has 212 valence electrons. The summed E-state index contributed by atoms with van der Waals surface area (Å²) >= 11 is 0. The Bertz CT molecular complexity index is 1410. The maximum absolute atomic E-state index is 15.7. The largest absolute Gasteiger partial charge is 0.497 e. The van der Waals surface area contributed by atoms with Crippen molar-refractivity contribution in [2.24, 2.45) is 10.8 Å². The summed E-state index contributed by atoms with van der Waals surface area (Å²) in [6.45, 7) is 4.25. The van der Waals surface area contributed by atoms with Gasteiger partial charge in [0.05, 0.1) is 19.6 Å². The molecule has 2 saturated carbocycles. The van der Waals surface area contributed by atoms with Crippen LogP contribution in [0.25, 0.3) is 11.1 Å². The summed E-state index contributed by atoms with van der Waals surface area (Å²) in [7, 11) is 3.21. The number of halogens is 2. The normalized spacial score (nSPS) is 18.1. The van der Waals surface area contributed by atoms with E-state index >= 15 is 8.78 Å². The molecule has 0 heterocycles. The standard InChI is InChI=1S/C33H36F2O5/c1-32(12-13-32)26(18-29(36)37)23-6-5-7-28(30(23)35)40-19-20-8-10-22(24-17-21(38-3)9-11-27(24)34)25(16-20)31(39-4)33(2)14-15-33/h5-11,16-17,26,31H,12-15,18-19H2,1-4H3,(H,36,37)/t26-,31+/m0/s1. The first-order chi connectivity index (χ1) is 19.1. The molecule has 7 heteroatoms. The zero-order chi connectivity index (χ0) is 28.7. The Morgan fingerprint density at radius 2 is 1.65 bits per heavy atom. The second-order valence-electron chi connectivity index (χ2n) is 11.8. The van der Waals surface area contributed by atoms with Crippen molar-refractivity contribution in [3.05, 3.63) is 82.9 Å². The summed E-state index contributed by atoms with van der Waals surface area (Å²) in [5.41, 5.74) is 2.86. The van der Waals surface area contributed by atoms with Crippen molar-refractivity contribution in [1.82, 2.24) is 0 Å². The van der Waals surface area contributed by atoms with Crippen LogP contribution in [0.5, 0.6) is 11.5 Å². The summed E-state index contributed by atoms with van der Waals surface area (Å²) in [5, 5.41) is 9.46. The highest BCUT2D eigenvalue weighted by Gasteiger charge is 2.48. The van der Waals surface area contributed by atoms with Gasteiger partial charge in [0.25, 0.3) is 0 Å². The lowest BCUT2D eigenvalue weighted by Crippen LogP contribution is -2.17. The van der Waals surface area contributed by atoms with Crippen molar-refractivity contribution in [2.75, 3.05) is 14.2 Å². The van der Waals surface area contributed by atoms with Crippen LogP contribution in [0.4, 0.5) is 8.78 Å². The average molecular weight is 551 g/mol. The van der Waals surface area contributed by atoms with E-state index in [4.69, 9.17) is 14.2 Å². The molecule has 0 radical (unpaired) electrons. The maximum atomic E-state index is 15.7. The lowest BCUT2D eigenvalue weighted by atomic mass is 9.81. The molecule has 0 bridgehead atoms. The van der Waals surface area contributed by atoms with Gasteiger partial charge in [-0.2, -0.15) is 0 Å². The van der Waals surface area contributed by atoms with Gasteiger partial charge in [-0.15, -0.1) is 0 Å². The van der Waals surface area contributed by atoms with Gasteiger partial charge in [0.15, 0.2) is 11.6 Å². The van der Waals surface area contributed by atoms with Crippen molar-refractivity contribution in [3.8, 4) is 22.6 Å². The Morgan fingerprint density at radius 1 is 0.925 bits per heavy atom. The number of methoxy groups -OCH3 is 2. The van der Waals surface area contributed by atoms with Crippen molar-refractivity contribution in [1.29, 1.82) is 0 Å². The SMILES string of the molecule is COc1ccc(F)c(-c2ccc(COc3cccc([C@H](CC(=O)O)C4(C)CC4)c3F)cc2[C@@H](OC)C2(C)CC2)c1. The zero-order valence-electron chi connectivity index (χ0n) is 23.4. The van der Waals surface area contributed by atoms with E-state index < -0.39 is 17.7 Å². The minimum atomic E-state index is -0.944. The summed E-state index contributed by atoms with van der Waals surface area (Å²) in [6.07, 6.45) is 3.36. The molecule has 2 atom stereocenters. The molecule has 0 saturated heterocycles. The van der Waals surface area contributed by atoms with E-state index in [1.54, 1.807) is 44.6 Å². The molecule has 5 rings (SSSR count). The fourth-order valence-corrected chi connectivity index (χ4v) is 5.77. The molecular weight excluding hydrogens is 514 g/mol. The van der Waals surface area contributed by atoms with Crippen molar-refractivity contribution < 1.29 is 32.9 Å². The number of aliphatic carboxylic acids is 1. The van der Waals surface area contributed by atoms with E-state index in [0.29, 0.717) is 22.4 Å². The predicted octanol–water partition coefficient (Wildman–Crippen LogP) is 8.07. The molecule has 0 amide bonds. The second-order valence-corrected chi connectivity index (χ2v) is 11.8. The number of benzene rings is 3. The molecule has 3 aromatic carbocycles. The molecule has 2 fully saturated rings. The van der Waals surface area contributed by atoms with Gasteiger partial charge in [0, 0.05) is 18.6 Å². The van der Waals surface area contributed by atoms with E-state index in [9.17, 15) is 9.90 Å². The number of ether oxygens (including phenoxy) is 3. The van der Waals surface area contributed by atoms with Crippen LogP contribution in [0.15, 0.2) is 54.6 Å². The topological polar surface area (TPSA) is 65.0 Å². The number of rotatable bonds is 12. The third-order valence-electron chi connectivity index (χ3n) is 8.79. The molecule has 40 heavy (non-hydrogen) atoms. The van der Waals surface area contributed by atoms with Crippen LogP contribution in [0.2, 0.25) is 0 Å². The van der Waals surface area contributed by atoms with E-state index in [0.717, 1.165) is 36.8 Å². The molecule has 0 aliphatic heterocycles. The van der Waals surface area contributed by atoms with Crippen LogP contribution in [-0.2, 0) is 16.1 Å². The smallest absolute Gasteiger partial charge is 0.303 e. The van der Waals surface area contributed by atoms with Gasteiger partial charge >= 0.3 is 5.97 Å². The van der Waals surface area contributed by atoms with Gasteiger partial charge in [-0.25, -0.2) is 8.78 Å². The zero-order valence-corrected chi connectivity index (χ0v) is 23.4. The van der Waals surface area contributed by atoms with Gasteiger partial charge in [-0.3, -0.25) is 4.79 Å². The third kappa shape index (κ3) is 5.57. The number of carboxylic acid groups (broad SMARTS) is 1. The maximum Gasteiger partial charge on any atom is 0.303 e. The molecule has 0 unspecified atom stereocenters. The minimum Gasteiger partial charge on any atom is -0.497 e. The average Bonchev–Trinajstić information content (AvgIpc) is 3.86. The highest BCUT2D eigenvalue weighted by atomic mass is 19.1. The fraction of sp³-hybridized carbons (Fsp3) is 0.424. The Kier molecular flexibility index (Phi) is 7.62. The third-order valence-corrected chi connectivity index (χ3v) is 8.79. The van der Waals surface area contributed by atoms with Crippen molar-refractivity contribution in [3.63, 3.8) is 0 Å². The predicted molar refractivity (Wildman–Crippen MR) is 149 cm³/mol. The molecular formula is C33H36F2O5. The van der Waals surface area contributed by atoms with Crippen LogP contribution < -0.4 is 9.47 Å². The molecule has 1 N–H and O–H groups in total. The molecule has 0 aromatic heterocycles. The quantitative estimate of drug-likeness (QED) is 0.247. The van der Waals surface area contributed by atoms with Crippen LogP contribution in [0, 0.1) is 22.5 Å². The molecule has 2 aliphatic carbocycles. The first-order valence-corrected chi connectivity index (χ1v) is 13.7. The Labute approximate surface area is 234 Å². The van der Waals surface area contributed by atoms with E-state index in [1.165, 1.54) is 6.07 Å². The minimum absolute atomic E-state index is 0.0587. The van der Waals surface area contributed by atoms with E-state index in [-0.39, 0.29) is 41.5 Å². The van der Waals surface area contributed by atoms with Gasteiger partial charge in [-0.05, 0) is 89.1 Å². The van der Waals surface area contributed by atoms with Gasteiger partial charge in [-0.1, -0.05) is 38.1 Å². The van der Waals surface area contributed by atoms with Gasteiger partial charge in [0.2, 0.25) is 0 Å². The summed E-state index contributed by atoms with van der Waals surface area (Å²) in [4.78, 5) is 11.5. The lowest BCUT2D eigenvalue weighted by molar-refractivity contribution is -0.137. The Morgan fingerprint density at radius 3 is 2.27 bits per heavy atom. The first kappa shape index (κ1) is 28.1. The number of hydrogen-bond donors (Lipinski definition) is 1.